The van der Waals surface area contributed by atoms with Crippen LogP contribution in [-0.4, -0.2) is 29.6 Å². The lowest BCUT2D eigenvalue weighted by molar-refractivity contribution is -0.137. The Morgan fingerprint density at radius 3 is 2.50 bits per heavy atom. The van der Waals surface area contributed by atoms with Crippen LogP contribution < -0.4 is 10.6 Å². The normalized spacial score (nSPS) is 11.7. The fraction of sp³-hybridized carbons (Fsp3) is 0.333. The van der Waals surface area contributed by atoms with Gasteiger partial charge in [-0.1, -0.05) is 18.2 Å². The van der Waals surface area contributed by atoms with Crippen molar-refractivity contribution >= 4 is 17.6 Å². The number of carboxylic acids is 1. The van der Waals surface area contributed by atoms with Gasteiger partial charge in [0.15, 0.2) is 0 Å². The Morgan fingerprint density at radius 1 is 1.35 bits per heavy atom. The smallest absolute Gasteiger partial charge is 0.304 e. The molecular formula is C15H20N2O3. The molecule has 1 amide bonds. The molecule has 1 aromatic carbocycles. The molecule has 0 aromatic heterocycles. The molecule has 0 spiro atoms. The van der Waals surface area contributed by atoms with Crippen molar-refractivity contribution in [2.24, 2.45) is 0 Å². The number of aliphatic carboxylic acids is 1. The number of nitrogens with one attached hydrogen (secondary N) is 2. The number of carboxylic acid groups (broad SMARTS) is 1. The zero-order valence-electron chi connectivity index (χ0n) is 11.6. The van der Waals surface area contributed by atoms with Gasteiger partial charge in [0.25, 0.3) is 0 Å². The van der Waals surface area contributed by atoms with Crippen LogP contribution >= 0.6 is 0 Å². The van der Waals surface area contributed by atoms with Crippen molar-refractivity contribution in [2.45, 2.75) is 25.8 Å². The number of rotatable bonds is 8. The summed E-state index contributed by atoms with van der Waals surface area (Å²) < 4.78 is 0. The van der Waals surface area contributed by atoms with Crippen molar-refractivity contribution in [3.8, 4) is 0 Å². The molecule has 1 aromatic rings. The van der Waals surface area contributed by atoms with Gasteiger partial charge in [-0.15, -0.1) is 6.58 Å². The number of amides is 1. The summed E-state index contributed by atoms with van der Waals surface area (Å²) in [7, 11) is 0. The minimum atomic E-state index is -0.832. The molecule has 5 nitrogen and oxygen atoms in total. The second-order valence-corrected chi connectivity index (χ2v) is 4.57. The molecule has 108 valence electrons. The monoisotopic (exact) mass is 276 g/mol. The summed E-state index contributed by atoms with van der Waals surface area (Å²) in [5, 5.41) is 14.7. The Balaban J connectivity index is 2.64. The van der Waals surface area contributed by atoms with E-state index in [9.17, 15) is 9.59 Å². The molecule has 0 aliphatic rings. The van der Waals surface area contributed by atoms with Crippen molar-refractivity contribution in [1.29, 1.82) is 0 Å². The van der Waals surface area contributed by atoms with E-state index in [2.05, 4.69) is 17.2 Å². The predicted octanol–water partition coefficient (Wildman–Crippen LogP) is 1.81. The van der Waals surface area contributed by atoms with Crippen LogP contribution in [-0.2, 0) is 16.0 Å². The van der Waals surface area contributed by atoms with Crippen LogP contribution in [0.2, 0.25) is 0 Å². The van der Waals surface area contributed by atoms with Gasteiger partial charge in [-0.25, -0.2) is 0 Å². The van der Waals surface area contributed by atoms with Gasteiger partial charge in [0, 0.05) is 25.2 Å². The van der Waals surface area contributed by atoms with Crippen LogP contribution in [0.4, 0.5) is 5.69 Å². The molecule has 5 heteroatoms. The van der Waals surface area contributed by atoms with E-state index in [1.165, 1.54) is 6.92 Å². The van der Waals surface area contributed by atoms with E-state index in [-0.39, 0.29) is 18.4 Å². The van der Waals surface area contributed by atoms with Crippen LogP contribution in [0.15, 0.2) is 36.9 Å². The average molecular weight is 276 g/mol. The van der Waals surface area contributed by atoms with Crippen LogP contribution in [0.5, 0.6) is 0 Å². The quantitative estimate of drug-likeness (QED) is 0.633. The zero-order chi connectivity index (χ0) is 15.0. The minimum Gasteiger partial charge on any atom is -0.481 e. The van der Waals surface area contributed by atoms with Gasteiger partial charge in [0.1, 0.15) is 0 Å². The number of benzene rings is 1. The fourth-order valence-electron chi connectivity index (χ4n) is 1.89. The van der Waals surface area contributed by atoms with Gasteiger partial charge in [0.2, 0.25) is 5.91 Å². The molecule has 0 radical (unpaired) electrons. The van der Waals surface area contributed by atoms with E-state index in [1.807, 2.05) is 24.3 Å². The topological polar surface area (TPSA) is 78.4 Å². The Kier molecular flexibility index (Phi) is 6.46. The molecule has 1 rings (SSSR count). The molecule has 0 heterocycles. The highest BCUT2D eigenvalue weighted by atomic mass is 16.4. The summed E-state index contributed by atoms with van der Waals surface area (Å²) in [4.78, 5) is 21.7. The first kappa shape index (κ1) is 15.9. The van der Waals surface area contributed by atoms with E-state index in [0.29, 0.717) is 13.0 Å². The summed E-state index contributed by atoms with van der Waals surface area (Å²) in [6, 6.07) is 7.24. The molecular weight excluding hydrogens is 256 g/mol. The maximum absolute atomic E-state index is 10.9. The third-order valence-corrected chi connectivity index (χ3v) is 2.73. The van der Waals surface area contributed by atoms with E-state index in [4.69, 9.17) is 5.11 Å². The van der Waals surface area contributed by atoms with Crippen molar-refractivity contribution in [1.82, 2.24) is 5.32 Å². The molecule has 1 atom stereocenters. The highest BCUT2D eigenvalue weighted by molar-refractivity contribution is 5.88. The second kappa shape index (κ2) is 8.12. The molecule has 0 aliphatic heterocycles. The Morgan fingerprint density at radius 2 is 2.00 bits per heavy atom. The molecule has 0 fully saturated rings. The minimum absolute atomic E-state index is 0.0568. The molecule has 0 saturated heterocycles. The molecule has 3 N–H and O–H groups in total. The summed E-state index contributed by atoms with van der Waals surface area (Å²) >= 11 is 0. The van der Waals surface area contributed by atoms with Gasteiger partial charge >= 0.3 is 5.97 Å². The third-order valence-electron chi connectivity index (χ3n) is 2.73. The molecule has 0 aliphatic carbocycles. The van der Waals surface area contributed by atoms with Crippen molar-refractivity contribution in [3.63, 3.8) is 0 Å². The number of hydrogen-bond acceptors (Lipinski definition) is 3. The second-order valence-electron chi connectivity index (χ2n) is 4.57. The maximum atomic E-state index is 10.9. The standard InChI is InChI=1S/C15H20N2O3/c1-3-8-16-14(10-15(19)20)9-12-4-6-13(7-5-12)17-11(2)18/h3-7,14,16H,1,8-10H2,2H3,(H,17,18)(H,19,20). The van der Waals surface area contributed by atoms with Gasteiger partial charge in [-0.2, -0.15) is 0 Å². The molecule has 0 saturated carbocycles. The van der Waals surface area contributed by atoms with Crippen molar-refractivity contribution in [2.75, 3.05) is 11.9 Å². The van der Waals surface area contributed by atoms with Crippen LogP contribution in [0, 0.1) is 0 Å². The highest BCUT2D eigenvalue weighted by Gasteiger charge is 2.12. The maximum Gasteiger partial charge on any atom is 0.304 e. The zero-order valence-corrected chi connectivity index (χ0v) is 11.6. The summed E-state index contributed by atoms with van der Waals surface area (Å²) in [5.41, 5.74) is 1.75. The number of hydrogen-bond donors (Lipinski definition) is 3. The molecule has 20 heavy (non-hydrogen) atoms. The van der Waals surface area contributed by atoms with Gasteiger partial charge in [-0.05, 0) is 24.1 Å². The van der Waals surface area contributed by atoms with Crippen LogP contribution in [0.25, 0.3) is 0 Å². The van der Waals surface area contributed by atoms with Gasteiger partial charge < -0.3 is 15.7 Å². The number of carbonyl (C=O) groups is 2. The summed E-state index contributed by atoms with van der Waals surface area (Å²) in [6.07, 6.45) is 2.37. The first-order chi connectivity index (χ1) is 9.51. The number of anilines is 1. The van der Waals surface area contributed by atoms with E-state index in [1.54, 1.807) is 6.08 Å². The lowest BCUT2D eigenvalue weighted by Gasteiger charge is -2.16. The van der Waals surface area contributed by atoms with E-state index < -0.39 is 5.97 Å². The molecule has 1 unspecified atom stereocenters. The third kappa shape index (κ3) is 6.15. The molecule has 0 bridgehead atoms. The van der Waals surface area contributed by atoms with E-state index in [0.717, 1.165) is 11.3 Å². The van der Waals surface area contributed by atoms with Gasteiger partial charge in [-0.3, -0.25) is 9.59 Å². The largest absolute Gasteiger partial charge is 0.481 e. The first-order valence-electron chi connectivity index (χ1n) is 6.44. The average Bonchev–Trinajstić information content (AvgIpc) is 2.37. The summed E-state index contributed by atoms with van der Waals surface area (Å²) in [5.74, 6) is -0.949. The SMILES string of the molecule is C=CCNC(CC(=O)O)Cc1ccc(NC(C)=O)cc1. The first-order valence-corrected chi connectivity index (χ1v) is 6.44. The van der Waals surface area contributed by atoms with Crippen molar-refractivity contribution < 1.29 is 14.7 Å². The lowest BCUT2D eigenvalue weighted by atomic mass is 10.0. The lowest BCUT2D eigenvalue weighted by Crippen LogP contribution is -2.33. The predicted molar refractivity (Wildman–Crippen MR) is 78.7 cm³/mol. The fourth-order valence-corrected chi connectivity index (χ4v) is 1.89. The van der Waals surface area contributed by atoms with Gasteiger partial charge in [0.05, 0.1) is 6.42 Å². The Hall–Kier alpha value is -2.14. The highest BCUT2D eigenvalue weighted by Crippen LogP contribution is 2.12. The van der Waals surface area contributed by atoms with Crippen molar-refractivity contribution in [3.05, 3.63) is 42.5 Å². The Labute approximate surface area is 118 Å². The number of carbonyl (C=O) groups excluding carboxylic acids is 1. The van der Waals surface area contributed by atoms with Crippen LogP contribution in [0.1, 0.15) is 18.9 Å². The summed E-state index contributed by atoms with van der Waals surface area (Å²) in [6.45, 7) is 5.63. The van der Waals surface area contributed by atoms with Crippen LogP contribution in [0.3, 0.4) is 0 Å². The Bertz CT molecular complexity index is 469. The van der Waals surface area contributed by atoms with E-state index >= 15 is 0 Å².